The van der Waals surface area contributed by atoms with E-state index in [1.54, 1.807) is 0 Å². The predicted molar refractivity (Wildman–Crippen MR) is 91.2 cm³/mol. The van der Waals surface area contributed by atoms with Gasteiger partial charge in [-0.25, -0.2) is 8.78 Å². The predicted octanol–water partition coefficient (Wildman–Crippen LogP) is 3.90. The Morgan fingerprint density at radius 1 is 1.17 bits per heavy atom. The Morgan fingerprint density at radius 2 is 1.75 bits per heavy atom. The van der Waals surface area contributed by atoms with Crippen LogP contribution in [-0.4, -0.2) is 17.7 Å². The van der Waals surface area contributed by atoms with E-state index in [1.807, 2.05) is 0 Å². The van der Waals surface area contributed by atoms with E-state index in [-0.39, 0.29) is 20.7 Å². The summed E-state index contributed by atoms with van der Waals surface area (Å²) in [7, 11) is 0. The van der Waals surface area contributed by atoms with Gasteiger partial charge in [0, 0.05) is 4.47 Å². The summed E-state index contributed by atoms with van der Waals surface area (Å²) in [6, 6.07) is 5.03. The first kappa shape index (κ1) is 18.5. The van der Waals surface area contributed by atoms with Crippen molar-refractivity contribution in [1.29, 1.82) is 0 Å². The van der Waals surface area contributed by atoms with Crippen molar-refractivity contribution in [3.8, 4) is 0 Å². The fourth-order valence-electron chi connectivity index (χ4n) is 1.96. The summed E-state index contributed by atoms with van der Waals surface area (Å²) in [5.41, 5.74) is 4.62. The number of carbonyl (C=O) groups excluding carboxylic acids is 2. The molecule has 0 saturated heterocycles. The van der Waals surface area contributed by atoms with Crippen molar-refractivity contribution in [3.63, 3.8) is 0 Å². The van der Waals surface area contributed by atoms with E-state index in [0.717, 1.165) is 18.2 Å². The van der Waals surface area contributed by atoms with E-state index < -0.39 is 34.9 Å². The number of amides is 1. The summed E-state index contributed by atoms with van der Waals surface area (Å²) in [6.45, 7) is 1.46. The van der Waals surface area contributed by atoms with E-state index >= 15 is 0 Å². The molecule has 3 N–H and O–H groups in total. The smallest absolute Gasteiger partial charge is 0.241 e. The molecular weight excluding hydrogens is 406 g/mol. The lowest BCUT2D eigenvalue weighted by Gasteiger charge is -2.15. The molecule has 0 bridgehead atoms. The van der Waals surface area contributed by atoms with Crippen molar-refractivity contribution in [2.24, 2.45) is 5.73 Å². The first-order valence-corrected chi connectivity index (χ1v) is 7.94. The molecule has 1 amide bonds. The second kappa shape index (κ2) is 7.38. The molecule has 0 aromatic heterocycles. The SMILES string of the molecule is C[C@H](N)C(=O)Nc1ccc(Cl)c(Br)c1C(=O)c1c(F)cccc1F. The molecule has 0 spiro atoms. The highest BCUT2D eigenvalue weighted by Gasteiger charge is 2.25. The van der Waals surface area contributed by atoms with Crippen LogP contribution in [-0.2, 0) is 4.79 Å². The average molecular weight is 418 g/mol. The summed E-state index contributed by atoms with van der Waals surface area (Å²) in [4.78, 5) is 24.5. The number of hydrogen-bond donors (Lipinski definition) is 2. The van der Waals surface area contributed by atoms with Gasteiger partial charge in [-0.05, 0) is 47.1 Å². The zero-order chi connectivity index (χ0) is 18.0. The summed E-state index contributed by atoms with van der Waals surface area (Å²) >= 11 is 9.10. The van der Waals surface area contributed by atoms with Crippen molar-refractivity contribution < 1.29 is 18.4 Å². The molecule has 0 saturated carbocycles. The van der Waals surface area contributed by atoms with Gasteiger partial charge >= 0.3 is 0 Å². The highest BCUT2D eigenvalue weighted by molar-refractivity contribution is 9.10. The Bertz CT molecular complexity index is 808. The topological polar surface area (TPSA) is 72.2 Å². The first-order chi connectivity index (χ1) is 11.2. The molecule has 0 radical (unpaired) electrons. The highest BCUT2D eigenvalue weighted by Crippen LogP contribution is 2.34. The standard InChI is InChI=1S/C16H12BrClF2N2O2/c1-7(21)16(24)22-11-6-5-8(18)14(17)13(11)15(23)12-9(19)3-2-4-10(12)20/h2-7H,21H2,1H3,(H,22,24)/t7-/m0/s1. The molecule has 0 aliphatic carbocycles. The number of rotatable bonds is 4. The fourth-order valence-corrected chi connectivity index (χ4v) is 2.65. The molecular formula is C16H12BrClF2N2O2. The van der Waals surface area contributed by atoms with Gasteiger partial charge in [0.25, 0.3) is 0 Å². The Morgan fingerprint density at radius 3 is 2.29 bits per heavy atom. The van der Waals surface area contributed by atoms with Gasteiger partial charge < -0.3 is 11.1 Å². The van der Waals surface area contributed by atoms with Crippen LogP contribution in [0, 0.1) is 11.6 Å². The van der Waals surface area contributed by atoms with Crippen molar-refractivity contribution in [2.75, 3.05) is 5.32 Å². The molecule has 0 fully saturated rings. The molecule has 24 heavy (non-hydrogen) atoms. The minimum atomic E-state index is -1.02. The minimum absolute atomic E-state index is 0.0428. The minimum Gasteiger partial charge on any atom is -0.324 e. The molecule has 8 heteroatoms. The van der Waals surface area contributed by atoms with Crippen molar-refractivity contribution in [3.05, 3.63) is 62.6 Å². The zero-order valence-corrected chi connectivity index (χ0v) is 14.7. The maximum Gasteiger partial charge on any atom is 0.241 e. The second-order valence-corrected chi connectivity index (χ2v) is 6.19. The lowest BCUT2D eigenvalue weighted by molar-refractivity contribution is -0.117. The maximum atomic E-state index is 13.9. The van der Waals surface area contributed by atoms with Crippen molar-refractivity contribution >= 4 is 44.9 Å². The Balaban J connectivity index is 2.62. The third kappa shape index (κ3) is 3.63. The molecule has 2 aromatic carbocycles. The zero-order valence-electron chi connectivity index (χ0n) is 12.4. The van der Waals surface area contributed by atoms with Crippen LogP contribution in [0.4, 0.5) is 14.5 Å². The van der Waals surface area contributed by atoms with E-state index in [1.165, 1.54) is 19.1 Å². The van der Waals surface area contributed by atoms with Gasteiger partial charge in [-0.3, -0.25) is 9.59 Å². The lowest BCUT2D eigenvalue weighted by Crippen LogP contribution is -2.33. The van der Waals surface area contributed by atoms with Crippen LogP contribution in [0.3, 0.4) is 0 Å². The number of hydrogen-bond acceptors (Lipinski definition) is 3. The van der Waals surface area contributed by atoms with Gasteiger partial charge in [0.05, 0.1) is 27.9 Å². The Hall–Kier alpha value is -1.83. The number of anilines is 1. The van der Waals surface area contributed by atoms with Gasteiger partial charge in [-0.1, -0.05) is 17.7 Å². The lowest BCUT2D eigenvalue weighted by atomic mass is 10.00. The molecule has 126 valence electrons. The van der Waals surface area contributed by atoms with Gasteiger partial charge in [-0.15, -0.1) is 0 Å². The molecule has 0 heterocycles. The molecule has 0 unspecified atom stereocenters. The van der Waals surface area contributed by atoms with E-state index in [0.29, 0.717) is 0 Å². The summed E-state index contributed by atoms with van der Waals surface area (Å²) in [5.74, 6) is -3.56. The third-order valence-electron chi connectivity index (χ3n) is 3.18. The molecule has 2 rings (SSSR count). The molecule has 2 aromatic rings. The van der Waals surface area contributed by atoms with Crippen LogP contribution in [0.25, 0.3) is 0 Å². The van der Waals surface area contributed by atoms with Gasteiger partial charge in [-0.2, -0.15) is 0 Å². The number of halogens is 4. The fraction of sp³-hybridized carbons (Fsp3) is 0.125. The normalized spacial score (nSPS) is 11.9. The Labute approximate surface area is 150 Å². The van der Waals surface area contributed by atoms with Crippen LogP contribution in [0.1, 0.15) is 22.8 Å². The summed E-state index contributed by atoms with van der Waals surface area (Å²) in [5, 5.41) is 2.60. The maximum absolute atomic E-state index is 13.9. The van der Waals surface area contributed by atoms with Crippen LogP contribution >= 0.6 is 27.5 Å². The van der Waals surface area contributed by atoms with E-state index in [2.05, 4.69) is 21.2 Å². The number of carbonyl (C=O) groups is 2. The number of benzene rings is 2. The van der Waals surface area contributed by atoms with E-state index in [4.69, 9.17) is 17.3 Å². The van der Waals surface area contributed by atoms with Crippen LogP contribution in [0.15, 0.2) is 34.8 Å². The van der Waals surface area contributed by atoms with Crippen LogP contribution in [0.2, 0.25) is 5.02 Å². The second-order valence-electron chi connectivity index (χ2n) is 4.99. The Kier molecular flexibility index (Phi) is 5.69. The highest BCUT2D eigenvalue weighted by atomic mass is 79.9. The van der Waals surface area contributed by atoms with Gasteiger partial charge in [0.2, 0.25) is 11.7 Å². The molecule has 4 nitrogen and oxygen atoms in total. The number of ketones is 1. The molecule has 1 atom stereocenters. The van der Waals surface area contributed by atoms with Crippen LogP contribution in [0.5, 0.6) is 0 Å². The van der Waals surface area contributed by atoms with E-state index in [9.17, 15) is 18.4 Å². The van der Waals surface area contributed by atoms with Gasteiger partial charge in [0.1, 0.15) is 11.6 Å². The number of nitrogens with one attached hydrogen (secondary N) is 1. The quantitative estimate of drug-likeness (QED) is 0.741. The first-order valence-electron chi connectivity index (χ1n) is 6.77. The third-order valence-corrected chi connectivity index (χ3v) is 4.55. The van der Waals surface area contributed by atoms with Gasteiger partial charge in [0.15, 0.2) is 0 Å². The largest absolute Gasteiger partial charge is 0.324 e. The van der Waals surface area contributed by atoms with Crippen LogP contribution < -0.4 is 11.1 Å². The van der Waals surface area contributed by atoms with Crippen molar-refractivity contribution in [1.82, 2.24) is 0 Å². The molecule has 0 aliphatic heterocycles. The number of nitrogens with two attached hydrogens (primary N) is 1. The van der Waals surface area contributed by atoms with Crippen molar-refractivity contribution in [2.45, 2.75) is 13.0 Å². The summed E-state index contributed by atoms with van der Waals surface area (Å²) < 4.78 is 28.0. The molecule has 0 aliphatic rings. The summed E-state index contributed by atoms with van der Waals surface area (Å²) in [6.07, 6.45) is 0. The monoisotopic (exact) mass is 416 g/mol. The average Bonchev–Trinajstić information content (AvgIpc) is 2.50.